The number of aromatic hydroxyl groups is 1. The van der Waals surface area contributed by atoms with Gasteiger partial charge in [0, 0.05) is 30.3 Å². The van der Waals surface area contributed by atoms with Crippen LogP contribution >= 0.6 is 0 Å². The largest absolute Gasteiger partial charge is 0.507 e. The number of aromatic nitrogens is 1. The lowest BCUT2D eigenvalue weighted by atomic mass is 10.1. The minimum atomic E-state index is 0.195. The van der Waals surface area contributed by atoms with Crippen LogP contribution in [0.2, 0.25) is 0 Å². The highest BCUT2D eigenvalue weighted by molar-refractivity contribution is 5.90. The molecule has 2 rings (SSSR count). The molecule has 0 amide bonds. The molecule has 4 heteroatoms. The Labute approximate surface area is 81.3 Å². The van der Waals surface area contributed by atoms with Crippen molar-refractivity contribution in [2.45, 2.75) is 6.54 Å². The molecule has 0 aliphatic rings. The zero-order valence-electron chi connectivity index (χ0n) is 7.87. The molecule has 0 saturated carbocycles. The standard InChI is InChI=1S/C10H12N2O2/c1-14-7-2-8-10(9(13)3-7)6(4-11)5-12-8/h2-3,5,12-13H,4,11H2,1H3. The maximum atomic E-state index is 9.73. The number of ether oxygens (including phenoxy) is 1. The number of rotatable bonds is 2. The third kappa shape index (κ3) is 1.20. The number of hydrogen-bond acceptors (Lipinski definition) is 3. The van der Waals surface area contributed by atoms with E-state index in [0.717, 1.165) is 16.5 Å². The summed E-state index contributed by atoms with van der Waals surface area (Å²) in [5.41, 5.74) is 7.28. The lowest BCUT2D eigenvalue weighted by Crippen LogP contribution is -1.94. The van der Waals surface area contributed by atoms with E-state index in [0.29, 0.717) is 12.3 Å². The summed E-state index contributed by atoms with van der Waals surface area (Å²) < 4.78 is 5.03. The first-order chi connectivity index (χ1) is 6.76. The summed E-state index contributed by atoms with van der Waals surface area (Å²) in [6.07, 6.45) is 1.80. The summed E-state index contributed by atoms with van der Waals surface area (Å²) in [5, 5.41) is 10.5. The van der Waals surface area contributed by atoms with E-state index in [9.17, 15) is 5.11 Å². The van der Waals surface area contributed by atoms with Gasteiger partial charge in [-0.2, -0.15) is 0 Å². The van der Waals surface area contributed by atoms with Gasteiger partial charge in [-0.1, -0.05) is 0 Å². The lowest BCUT2D eigenvalue weighted by molar-refractivity contribution is 0.409. The SMILES string of the molecule is COc1cc(O)c2c(CN)c[nH]c2c1. The number of phenols is 1. The zero-order valence-corrected chi connectivity index (χ0v) is 7.87. The van der Waals surface area contributed by atoms with Crippen LogP contribution in [-0.2, 0) is 6.54 Å². The molecule has 2 aromatic rings. The Kier molecular flexibility index (Phi) is 2.05. The molecule has 1 aromatic carbocycles. The van der Waals surface area contributed by atoms with E-state index < -0.39 is 0 Å². The molecule has 0 fully saturated rings. The van der Waals surface area contributed by atoms with Crippen LogP contribution in [0.4, 0.5) is 0 Å². The van der Waals surface area contributed by atoms with E-state index in [1.54, 1.807) is 19.4 Å². The Morgan fingerprint density at radius 2 is 2.29 bits per heavy atom. The van der Waals surface area contributed by atoms with Crippen LogP contribution in [0.25, 0.3) is 10.9 Å². The molecule has 0 unspecified atom stereocenters. The molecule has 0 bridgehead atoms. The summed E-state index contributed by atoms with van der Waals surface area (Å²) in [6.45, 7) is 0.403. The summed E-state index contributed by atoms with van der Waals surface area (Å²) in [4.78, 5) is 3.03. The van der Waals surface area contributed by atoms with Crippen LogP contribution in [-0.4, -0.2) is 17.2 Å². The zero-order chi connectivity index (χ0) is 10.1. The highest BCUT2D eigenvalue weighted by Crippen LogP contribution is 2.32. The van der Waals surface area contributed by atoms with Gasteiger partial charge in [-0.25, -0.2) is 0 Å². The fourth-order valence-corrected chi connectivity index (χ4v) is 1.57. The molecule has 0 radical (unpaired) electrons. The Morgan fingerprint density at radius 1 is 1.50 bits per heavy atom. The number of benzene rings is 1. The first-order valence-electron chi connectivity index (χ1n) is 4.33. The molecule has 0 saturated heterocycles. The van der Waals surface area contributed by atoms with E-state index in [-0.39, 0.29) is 5.75 Å². The van der Waals surface area contributed by atoms with Crippen LogP contribution < -0.4 is 10.5 Å². The molecule has 0 aliphatic heterocycles. The number of hydrogen-bond donors (Lipinski definition) is 3. The predicted octanol–water partition coefficient (Wildman–Crippen LogP) is 1.34. The summed E-state index contributed by atoms with van der Waals surface area (Å²) >= 11 is 0. The van der Waals surface area contributed by atoms with Crippen LogP contribution in [0.15, 0.2) is 18.3 Å². The quantitative estimate of drug-likeness (QED) is 0.672. The first-order valence-corrected chi connectivity index (χ1v) is 4.33. The maximum absolute atomic E-state index is 9.73. The van der Waals surface area contributed by atoms with E-state index in [4.69, 9.17) is 10.5 Å². The molecule has 0 spiro atoms. The number of aromatic amines is 1. The van der Waals surface area contributed by atoms with E-state index in [1.165, 1.54) is 0 Å². The van der Waals surface area contributed by atoms with E-state index in [1.807, 2.05) is 6.07 Å². The van der Waals surface area contributed by atoms with Gasteiger partial charge in [0.2, 0.25) is 0 Å². The van der Waals surface area contributed by atoms with Crippen LogP contribution in [0.1, 0.15) is 5.56 Å². The summed E-state index contributed by atoms with van der Waals surface area (Å²) in [5.74, 6) is 0.821. The van der Waals surface area contributed by atoms with Crippen molar-refractivity contribution < 1.29 is 9.84 Å². The molecule has 0 atom stereocenters. The predicted molar refractivity (Wildman–Crippen MR) is 54.4 cm³/mol. The van der Waals surface area contributed by atoms with E-state index >= 15 is 0 Å². The molecule has 14 heavy (non-hydrogen) atoms. The number of phenolic OH excluding ortho intramolecular Hbond substituents is 1. The fraction of sp³-hybridized carbons (Fsp3) is 0.200. The molecule has 1 heterocycles. The Hall–Kier alpha value is -1.68. The molecular formula is C10H12N2O2. The third-order valence-electron chi connectivity index (χ3n) is 2.27. The van der Waals surface area contributed by atoms with Crippen LogP contribution in [0, 0.1) is 0 Å². The third-order valence-corrected chi connectivity index (χ3v) is 2.27. The summed E-state index contributed by atoms with van der Waals surface area (Å²) in [7, 11) is 1.56. The fourth-order valence-electron chi connectivity index (χ4n) is 1.57. The van der Waals surface area contributed by atoms with Crippen LogP contribution in [0.5, 0.6) is 11.5 Å². The second-order valence-corrected chi connectivity index (χ2v) is 3.09. The minimum absolute atomic E-state index is 0.195. The van der Waals surface area contributed by atoms with Crippen molar-refractivity contribution in [2.75, 3.05) is 7.11 Å². The number of nitrogens with two attached hydrogens (primary N) is 1. The number of fused-ring (bicyclic) bond motifs is 1. The molecule has 0 aliphatic carbocycles. The number of nitrogens with one attached hydrogen (secondary N) is 1. The second-order valence-electron chi connectivity index (χ2n) is 3.09. The molecule has 1 aromatic heterocycles. The van der Waals surface area contributed by atoms with Crippen molar-refractivity contribution in [1.29, 1.82) is 0 Å². The highest BCUT2D eigenvalue weighted by Gasteiger charge is 2.08. The van der Waals surface area contributed by atoms with Crippen molar-refractivity contribution in [3.63, 3.8) is 0 Å². The van der Waals surface area contributed by atoms with Crippen molar-refractivity contribution in [2.24, 2.45) is 5.73 Å². The van der Waals surface area contributed by atoms with Gasteiger partial charge in [-0.15, -0.1) is 0 Å². The van der Waals surface area contributed by atoms with Gasteiger partial charge in [0.05, 0.1) is 12.6 Å². The van der Waals surface area contributed by atoms with Gasteiger partial charge in [0.25, 0.3) is 0 Å². The molecule has 4 nitrogen and oxygen atoms in total. The Morgan fingerprint density at radius 3 is 2.93 bits per heavy atom. The van der Waals surface area contributed by atoms with Gasteiger partial charge < -0.3 is 20.6 Å². The second kappa shape index (κ2) is 3.23. The monoisotopic (exact) mass is 192 g/mol. The Balaban J connectivity index is 2.72. The summed E-state index contributed by atoms with van der Waals surface area (Å²) in [6, 6.07) is 3.41. The maximum Gasteiger partial charge on any atom is 0.128 e. The van der Waals surface area contributed by atoms with Gasteiger partial charge in [0.1, 0.15) is 11.5 Å². The average molecular weight is 192 g/mol. The minimum Gasteiger partial charge on any atom is -0.507 e. The van der Waals surface area contributed by atoms with Crippen molar-refractivity contribution in [1.82, 2.24) is 4.98 Å². The average Bonchev–Trinajstić information content (AvgIpc) is 2.61. The molecular weight excluding hydrogens is 180 g/mol. The highest BCUT2D eigenvalue weighted by atomic mass is 16.5. The van der Waals surface area contributed by atoms with Crippen molar-refractivity contribution >= 4 is 10.9 Å². The van der Waals surface area contributed by atoms with Gasteiger partial charge in [0.15, 0.2) is 0 Å². The topological polar surface area (TPSA) is 71.3 Å². The van der Waals surface area contributed by atoms with E-state index in [2.05, 4.69) is 4.98 Å². The first kappa shape index (κ1) is 8.90. The molecule has 4 N–H and O–H groups in total. The van der Waals surface area contributed by atoms with Crippen molar-refractivity contribution in [3.05, 3.63) is 23.9 Å². The smallest absolute Gasteiger partial charge is 0.128 e. The lowest BCUT2D eigenvalue weighted by Gasteiger charge is -2.02. The van der Waals surface area contributed by atoms with Gasteiger partial charge in [-0.05, 0) is 5.56 Å². The van der Waals surface area contributed by atoms with Crippen molar-refractivity contribution in [3.8, 4) is 11.5 Å². The molecule has 74 valence electrons. The van der Waals surface area contributed by atoms with Crippen LogP contribution in [0.3, 0.4) is 0 Å². The number of H-pyrrole nitrogens is 1. The number of methoxy groups -OCH3 is 1. The van der Waals surface area contributed by atoms with Gasteiger partial charge >= 0.3 is 0 Å². The Bertz CT molecular complexity index is 462. The van der Waals surface area contributed by atoms with Gasteiger partial charge in [-0.3, -0.25) is 0 Å². The normalized spacial score (nSPS) is 10.7.